The average molecular weight is 482 g/mol. The van der Waals surface area contributed by atoms with Crippen molar-refractivity contribution in [3.05, 3.63) is 58.1 Å². The van der Waals surface area contributed by atoms with Gasteiger partial charge in [0, 0.05) is 45.2 Å². The third kappa shape index (κ3) is 4.98. The Kier molecular flexibility index (Phi) is 6.41. The Morgan fingerprint density at radius 3 is 2.51 bits per heavy atom. The lowest BCUT2D eigenvalue weighted by molar-refractivity contribution is -0.198. The number of carbonyl (C=O) groups excluding carboxylic acids is 1. The molecule has 1 aromatic heterocycles. The molecule has 0 unspecified atom stereocenters. The summed E-state index contributed by atoms with van der Waals surface area (Å²) in [6.45, 7) is 6.06. The zero-order valence-electron chi connectivity index (χ0n) is 20.4. The zero-order valence-corrected chi connectivity index (χ0v) is 20.4. The van der Waals surface area contributed by atoms with Gasteiger partial charge < -0.3 is 20.5 Å². The fourth-order valence-electron chi connectivity index (χ4n) is 5.96. The molecule has 9 nitrogen and oxygen atoms in total. The van der Waals surface area contributed by atoms with Crippen molar-refractivity contribution in [3.8, 4) is 0 Å². The van der Waals surface area contributed by atoms with E-state index in [2.05, 4.69) is 34.1 Å². The monoisotopic (exact) mass is 481 g/mol. The number of aliphatic hydroxyl groups is 1. The fraction of sp³-hybridized carbons (Fsp3) is 0.577. The molecule has 4 heterocycles. The van der Waals surface area contributed by atoms with E-state index in [0.717, 1.165) is 26.1 Å². The maximum Gasteiger partial charge on any atom is 0.349 e. The van der Waals surface area contributed by atoms with Gasteiger partial charge in [-0.15, -0.1) is 0 Å². The maximum atomic E-state index is 12.9. The van der Waals surface area contributed by atoms with Crippen LogP contribution in [0.2, 0.25) is 0 Å². The first-order valence-electron chi connectivity index (χ1n) is 12.5. The van der Waals surface area contributed by atoms with E-state index in [1.54, 1.807) is 19.2 Å². The number of anilines is 1. The normalized spacial score (nSPS) is 26.1. The molecule has 3 N–H and O–H groups in total. The van der Waals surface area contributed by atoms with Crippen molar-refractivity contribution in [3.63, 3.8) is 0 Å². The molecule has 3 aliphatic heterocycles. The van der Waals surface area contributed by atoms with Crippen LogP contribution in [0.25, 0.3) is 0 Å². The minimum absolute atomic E-state index is 0.154. The van der Waals surface area contributed by atoms with Gasteiger partial charge in [0.2, 0.25) is 5.91 Å². The number of nitrogen functional groups attached to an aromatic ring is 1. The van der Waals surface area contributed by atoms with Gasteiger partial charge >= 0.3 is 5.69 Å². The molecule has 35 heavy (non-hydrogen) atoms. The lowest BCUT2D eigenvalue weighted by Gasteiger charge is -2.51. The lowest BCUT2D eigenvalue weighted by Crippen LogP contribution is -2.59. The molecule has 188 valence electrons. The SMILES string of the molecule is C[C@@]1(O)CC2(CCN(C(=O)CCCN3Cc4ccccc4C3)CC2)OC[C@H]1n1ccc(N)nc1=O. The van der Waals surface area contributed by atoms with Crippen molar-refractivity contribution >= 4 is 11.7 Å². The Hall–Kier alpha value is -2.75. The number of carbonyl (C=O) groups is 1. The summed E-state index contributed by atoms with van der Waals surface area (Å²) in [6, 6.07) is 9.54. The molecule has 0 bridgehead atoms. The van der Waals surface area contributed by atoms with Crippen LogP contribution in [-0.2, 0) is 22.6 Å². The molecule has 1 aromatic carbocycles. The van der Waals surface area contributed by atoms with Crippen molar-refractivity contribution in [2.45, 2.75) is 69.4 Å². The first kappa shape index (κ1) is 24.0. The van der Waals surface area contributed by atoms with Gasteiger partial charge in [-0.3, -0.25) is 14.3 Å². The molecule has 5 rings (SSSR count). The van der Waals surface area contributed by atoms with Gasteiger partial charge in [-0.1, -0.05) is 24.3 Å². The van der Waals surface area contributed by atoms with Crippen molar-refractivity contribution < 1.29 is 14.6 Å². The number of likely N-dealkylation sites (tertiary alicyclic amines) is 1. The number of aromatic nitrogens is 2. The molecular formula is C26H35N5O4. The summed E-state index contributed by atoms with van der Waals surface area (Å²) in [5.41, 5.74) is 6.27. The smallest absolute Gasteiger partial charge is 0.349 e. The number of ether oxygens (including phenoxy) is 1. The highest BCUT2D eigenvalue weighted by molar-refractivity contribution is 5.76. The highest BCUT2D eigenvalue weighted by atomic mass is 16.5. The topological polar surface area (TPSA) is 114 Å². The third-order valence-electron chi connectivity index (χ3n) is 7.93. The first-order valence-corrected chi connectivity index (χ1v) is 12.5. The van der Waals surface area contributed by atoms with Crippen molar-refractivity contribution in [1.29, 1.82) is 0 Å². The van der Waals surface area contributed by atoms with Crippen molar-refractivity contribution in [2.75, 3.05) is 32.0 Å². The number of rotatable bonds is 5. The summed E-state index contributed by atoms with van der Waals surface area (Å²) in [5, 5.41) is 11.3. The lowest BCUT2D eigenvalue weighted by atomic mass is 9.75. The summed E-state index contributed by atoms with van der Waals surface area (Å²) >= 11 is 0. The van der Waals surface area contributed by atoms with Gasteiger partial charge in [0.25, 0.3) is 0 Å². The van der Waals surface area contributed by atoms with Crippen LogP contribution in [0.15, 0.2) is 41.3 Å². The number of benzene rings is 1. The Labute approximate surface area is 205 Å². The number of piperidine rings is 1. The van der Waals surface area contributed by atoms with Crippen LogP contribution in [0.1, 0.15) is 56.2 Å². The molecule has 0 saturated carbocycles. The van der Waals surface area contributed by atoms with Crippen LogP contribution in [-0.4, -0.2) is 67.8 Å². The fourth-order valence-corrected chi connectivity index (χ4v) is 5.96. The standard InChI is InChI=1S/C26H35N5O4/c1-25(34)18-26(35-17-21(25)31-12-8-22(27)28-24(31)33)9-13-30(14-10-26)23(32)7-4-11-29-15-19-5-2-3-6-20(19)16-29/h2-3,5-6,8,12,21,34H,4,7,9-11,13-18H2,1H3,(H2,27,28,33)/t21-,25-/m1/s1. The molecule has 1 amide bonds. The van der Waals surface area contributed by atoms with Crippen molar-refractivity contribution in [1.82, 2.24) is 19.4 Å². The van der Waals surface area contributed by atoms with Gasteiger partial charge in [-0.25, -0.2) is 4.79 Å². The van der Waals surface area contributed by atoms with E-state index in [1.165, 1.54) is 15.7 Å². The van der Waals surface area contributed by atoms with E-state index < -0.39 is 22.9 Å². The minimum atomic E-state index is -1.14. The predicted molar refractivity (Wildman–Crippen MR) is 131 cm³/mol. The minimum Gasteiger partial charge on any atom is -0.388 e. The molecule has 1 spiro atoms. The number of nitrogens with zero attached hydrogens (tertiary/aromatic N) is 4. The summed E-state index contributed by atoms with van der Waals surface area (Å²) in [7, 11) is 0. The molecule has 2 fully saturated rings. The quantitative estimate of drug-likeness (QED) is 0.668. The Morgan fingerprint density at radius 2 is 1.89 bits per heavy atom. The zero-order chi connectivity index (χ0) is 24.6. The largest absolute Gasteiger partial charge is 0.388 e. The third-order valence-corrected chi connectivity index (χ3v) is 7.93. The van der Waals surface area contributed by atoms with Gasteiger partial charge in [-0.05, 0) is 49.9 Å². The molecule has 9 heteroatoms. The highest BCUT2D eigenvalue weighted by Crippen LogP contribution is 2.43. The van der Waals surface area contributed by atoms with Crippen molar-refractivity contribution in [2.24, 2.45) is 0 Å². The van der Waals surface area contributed by atoms with Crippen LogP contribution in [0.4, 0.5) is 5.82 Å². The highest BCUT2D eigenvalue weighted by Gasteiger charge is 2.50. The molecular weight excluding hydrogens is 446 g/mol. The van der Waals surface area contributed by atoms with E-state index in [-0.39, 0.29) is 18.3 Å². The summed E-state index contributed by atoms with van der Waals surface area (Å²) in [5.74, 6) is 0.346. The van der Waals surface area contributed by atoms with Gasteiger partial charge in [-0.2, -0.15) is 4.98 Å². The van der Waals surface area contributed by atoms with Gasteiger partial charge in [0.05, 0.1) is 23.9 Å². The molecule has 0 radical (unpaired) electrons. The number of fused-ring (bicyclic) bond motifs is 1. The first-order chi connectivity index (χ1) is 16.7. The van der Waals surface area contributed by atoms with E-state index in [1.807, 2.05) is 4.90 Å². The Balaban J connectivity index is 1.10. The molecule has 0 aliphatic carbocycles. The molecule has 2 aromatic rings. The van der Waals surface area contributed by atoms with Crippen LogP contribution in [0, 0.1) is 0 Å². The van der Waals surface area contributed by atoms with Gasteiger partial charge in [0.15, 0.2) is 0 Å². The maximum absolute atomic E-state index is 12.9. The second-order valence-electron chi connectivity index (χ2n) is 10.5. The Bertz CT molecular complexity index is 1110. The van der Waals surface area contributed by atoms with Gasteiger partial charge in [0.1, 0.15) is 5.82 Å². The molecule has 3 aliphatic rings. The van der Waals surface area contributed by atoms with Crippen LogP contribution < -0.4 is 11.4 Å². The van der Waals surface area contributed by atoms with E-state index >= 15 is 0 Å². The summed E-state index contributed by atoms with van der Waals surface area (Å²) in [6.07, 6.45) is 4.72. The Morgan fingerprint density at radius 1 is 1.20 bits per heavy atom. The summed E-state index contributed by atoms with van der Waals surface area (Å²) < 4.78 is 7.68. The number of amides is 1. The van der Waals surface area contributed by atoms with E-state index in [4.69, 9.17) is 10.5 Å². The van der Waals surface area contributed by atoms with E-state index in [0.29, 0.717) is 38.8 Å². The average Bonchev–Trinajstić information content (AvgIpc) is 3.23. The van der Waals surface area contributed by atoms with Crippen LogP contribution >= 0.6 is 0 Å². The second kappa shape index (κ2) is 9.37. The van der Waals surface area contributed by atoms with Crippen LogP contribution in [0.3, 0.4) is 0 Å². The number of hydrogen-bond acceptors (Lipinski definition) is 7. The number of nitrogens with two attached hydrogens (primary N) is 1. The number of hydrogen-bond donors (Lipinski definition) is 2. The predicted octanol–water partition coefficient (Wildman–Crippen LogP) is 1.70. The molecule has 2 atom stereocenters. The van der Waals surface area contributed by atoms with Crippen LogP contribution in [0.5, 0.6) is 0 Å². The summed E-state index contributed by atoms with van der Waals surface area (Å²) in [4.78, 5) is 33.3. The second-order valence-corrected chi connectivity index (χ2v) is 10.5. The van der Waals surface area contributed by atoms with E-state index in [9.17, 15) is 14.7 Å². The molecule has 2 saturated heterocycles.